The zero-order valence-electron chi connectivity index (χ0n) is 11.0. The number of hydrogen-bond donors (Lipinski definition) is 1. The third-order valence-electron chi connectivity index (χ3n) is 3.26. The Morgan fingerprint density at radius 1 is 1.00 bits per heavy atom. The van der Waals surface area contributed by atoms with E-state index in [1.54, 1.807) is 0 Å². The first-order chi connectivity index (χ1) is 8.99. The van der Waals surface area contributed by atoms with E-state index in [4.69, 9.17) is 17.3 Å². The van der Waals surface area contributed by atoms with Gasteiger partial charge in [0.25, 0.3) is 0 Å². The molecular weight excluding hydrogens is 369 g/mol. The van der Waals surface area contributed by atoms with E-state index in [2.05, 4.69) is 60.7 Å². The van der Waals surface area contributed by atoms with E-state index in [0.29, 0.717) is 5.92 Å². The third-order valence-corrected chi connectivity index (χ3v) is 4.47. The fraction of sp³-hybridized carbons (Fsp3) is 0.250. The van der Waals surface area contributed by atoms with Gasteiger partial charge in [0.1, 0.15) is 0 Å². The van der Waals surface area contributed by atoms with Crippen LogP contribution in [0.2, 0.25) is 5.02 Å². The molecule has 0 saturated heterocycles. The smallest absolute Gasteiger partial charge is 0.0562 e. The second-order valence-electron chi connectivity index (χ2n) is 4.96. The molecule has 0 heterocycles. The third kappa shape index (κ3) is 3.50. The Hall–Kier alpha value is -0.580. The summed E-state index contributed by atoms with van der Waals surface area (Å²) in [6.07, 6.45) is 0. The molecule has 0 bridgehead atoms. The van der Waals surface area contributed by atoms with Crippen LogP contribution in [0.1, 0.15) is 42.5 Å². The summed E-state index contributed by atoms with van der Waals surface area (Å²) in [6.45, 7) is 4.38. The van der Waals surface area contributed by atoms with Crippen LogP contribution in [0.4, 0.5) is 0 Å². The number of hydrogen-bond acceptors (Lipinski definition) is 1. The van der Waals surface area contributed by atoms with Gasteiger partial charge in [-0.25, -0.2) is 0 Å². The molecule has 0 spiro atoms. The van der Waals surface area contributed by atoms with E-state index in [1.165, 1.54) is 5.56 Å². The molecule has 0 aliphatic carbocycles. The molecule has 2 aromatic rings. The molecule has 0 aliphatic heterocycles. The largest absolute Gasteiger partial charge is 0.320 e. The van der Waals surface area contributed by atoms with E-state index >= 15 is 0 Å². The van der Waals surface area contributed by atoms with Crippen molar-refractivity contribution in [1.29, 1.82) is 0 Å². The van der Waals surface area contributed by atoms with Crippen molar-refractivity contribution in [3.05, 3.63) is 67.7 Å². The van der Waals surface area contributed by atoms with Gasteiger partial charge in [-0.1, -0.05) is 49.7 Å². The summed E-state index contributed by atoms with van der Waals surface area (Å²) in [5, 5.41) is 0.727. The van der Waals surface area contributed by atoms with Gasteiger partial charge >= 0.3 is 0 Å². The molecule has 0 radical (unpaired) electrons. The van der Waals surface area contributed by atoms with Crippen molar-refractivity contribution >= 4 is 34.2 Å². The molecule has 0 aromatic heterocycles. The molecule has 0 fully saturated rings. The maximum Gasteiger partial charge on any atom is 0.0562 e. The van der Waals surface area contributed by atoms with E-state index in [-0.39, 0.29) is 6.04 Å². The predicted octanol–water partition coefficient (Wildman–Crippen LogP) is 5.12. The highest BCUT2D eigenvalue weighted by molar-refractivity contribution is 14.1. The van der Waals surface area contributed by atoms with Crippen molar-refractivity contribution in [1.82, 2.24) is 0 Å². The topological polar surface area (TPSA) is 26.0 Å². The van der Waals surface area contributed by atoms with Gasteiger partial charge in [0.15, 0.2) is 0 Å². The molecule has 2 aromatic carbocycles. The van der Waals surface area contributed by atoms with Gasteiger partial charge in [0.2, 0.25) is 0 Å². The average molecular weight is 386 g/mol. The fourth-order valence-electron chi connectivity index (χ4n) is 2.02. The van der Waals surface area contributed by atoms with Crippen molar-refractivity contribution in [2.24, 2.45) is 5.73 Å². The molecular formula is C16H17ClIN. The summed E-state index contributed by atoms with van der Waals surface area (Å²) in [4.78, 5) is 0. The van der Waals surface area contributed by atoms with Crippen molar-refractivity contribution in [3.63, 3.8) is 0 Å². The summed E-state index contributed by atoms with van der Waals surface area (Å²) in [7, 11) is 0. The average Bonchev–Trinajstić information content (AvgIpc) is 2.41. The number of benzene rings is 2. The second kappa shape index (κ2) is 6.25. The Balaban J connectivity index is 2.33. The first-order valence-electron chi connectivity index (χ1n) is 6.29. The monoisotopic (exact) mass is 385 g/mol. The summed E-state index contributed by atoms with van der Waals surface area (Å²) in [6, 6.07) is 14.2. The summed E-state index contributed by atoms with van der Waals surface area (Å²) < 4.78 is 1.14. The molecule has 1 nitrogen and oxygen atoms in total. The molecule has 19 heavy (non-hydrogen) atoms. The fourth-order valence-corrected chi connectivity index (χ4v) is 2.87. The molecule has 2 N–H and O–H groups in total. The Bertz CT molecular complexity index is 563. The summed E-state index contributed by atoms with van der Waals surface area (Å²) in [5.41, 5.74) is 9.87. The lowest BCUT2D eigenvalue weighted by Crippen LogP contribution is -2.13. The summed E-state index contributed by atoms with van der Waals surface area (Å²) >= 11 is 8.35. The quantitative estimate of drug-likeness (QED) is 0.730. The van der Waals surface area contributed by atoms with Crippen LogP contribution in [0.15, 0.2) is 42.5 Å². The van der Waals surface area contributed by atoms with Crippen LogP contribution < -0.4 is 5.73 Å². The Morgan fingerprint density at radius 3 is 2.16 bits per heavy atom. The molecule has 1 unspecified atom stereocenters. The number of nitrogens with two attached hydrogens (primary N) is 1. The van der Waals surface area contributed by atoms with Crippen molar-refractivity contribution in [2.45, 2.75) is 25.8 Å². The first kappa shape index (κ1) is 14.8. The van der Waals surface area contributed by atoms with Crippen LogP contribution in [-0.2, 0) is 0 Å². The van der Waals surface area contributed by atoms with Gasteiger partial charge in [-0.2, -0.15) is 0 Å². The molecule has 100 valence electrons. The van der Waals surface area contributed by atoms with Gasteiger partial charge in [-0.3, -0.25) is 0 Å². The summed E-state index contributed by atoms with van der Waals surface area (Å²) in [5.74, 6) is 0.539. The maximum atomic E-state index is 6.35. The Labute approximate surface area is 133 Å². The lowest BCUT2D eigenvalue weighted by atomic mass is 9.96. The minimum absolute atomic E-state index is 0.133. The van der Waals surface area contributed by atoms with Gasteiger partial charge in [-0.05, 0) is 63.4 Å². The van der Waals surface area contributed by atoms with E-state index in [9.17, 15) is 0 Å². The van der Waals surface area contributed by atoms with E-state index in [0.717, 1.165) is 19.7 Å². The van der Waals surface area contributed by atoms with Crippen LogP contribution in [0, 0.1) is 3.57 Å². The van der Waals surface area contributed by atoms with Crippen molar-refractivity contribution in [2.75, 3.05) is 0 Å². The molecule has 0 amide bonds. The standard InChI is InChI=1S/C16H17ClIN/c1-10(2)11-3-5-12(6-4-11)16(19)14-9-13(17)7-8-15(14)18/h3-10,16H,19H2,1-2H3. The van der Waals surface area contributed by atoms with Gasteiger partial charge in [0.05, 0.1) is 6.04 Å². The molecule has 2 rings (SSSR count). The molecule has 1 atom stereocenters. The van der Waals surface area contributed by atoms with E-state index in [1.807, 2.05) is 18.2 Å². The first-order valence-corrected chi connectivity index (χ1v) is 7.75. The minimum atomic E-state index is -0.133. The van der Waals surface area contributed by atoms with Crippen molar-refractivity contribution < 1.29 is 0 Å². The highest BCUT2D eigenvalue weighted by Crippen LogP contribution is 2.27. The molecule has 0 saturated carbocycles. The Kier molecular flexibility index (Phi) is 4.87. The van der Waals surface area contributed by atoms with Crippen molar-refractivity contribution in [3.8, 4) is 0 Å². The highest BCUT2D eigenvalue weighted by Gasteiger charge is 2.13. The molecule has 3 heteroatoms. The predicted molar refractivity (Wildman–Crippen MR) is 90.7 cm³/mol. The van der Waals surface area contributed by atoms with Gasteiger partial charge < -0.3 is 5.73 Å². The van der Waals surface area contributed by atoms with Crippen LogP contribution in [0.25, 0.3) is 0 Å². The molecule has 0 aliphatic rings. The lowest BCUT2D eigenvalue weighted by Gasteiger charge is -2.16. The van der Waals surface area contributed by atoms with Crippen LogP contribution in [-0.4, -0.2) is 0 Å². The normalized spacial score (nSPS) is 12.7. The van der Waals surface area contributed by atoms with Crippen LogP contribution in [0.3, 0.4) is 0 Å². The minimum Gasteiger partial charge on any atom is -0.320 e. The van der Waals surface area contributed by atoms with Crippen LogP contribution in [0.5, 0.6) is 0 Å². The van der Waals surface area contributed by atoms with Crippen LogP contribution >= 0.6 is 34.2 Å². The SMILES string of the molecule is CC(C)c1ccc(C(N)c2cc(Cl)ccc2I)cc1. The van der Waals surface area contributed by atoms with Gasteiger partial charge in [-0.15, -0.1) is 0 Å². The number of rotatable bonds is 3. The zero-order chi connectivity index (χ0) is 14.0. The van der Waals surface area contributed by atoms with E-state index < -0.39 is 0 Å². The zero-order valence-corrected chi connectivity index (χ0v) is 13.9. The maximum absolute atomic E-state index is 6.35. The lowest BCUT2D eigenvalue weighted by molar-refractivity contribution is 0.845. The van der Waals surface area contributed by atoms with Gasteiger partial charge in [0, 0.05) is 8.59 Å². The second-order valence-corrected chi connectivity index (χ2v) is 6.56. The number of halogens is 2. The Morgan fingerprint density at radius 2 is 1.58 bits per heavy atom. The highest BCUT2D eigenvalue weighted by atomic mass is 127.